The van der Waals surface area contributed by atoms with E-state index < -0.39 is 11.7 Å². The topological polar surface area (TPSA) is 63.8 Å². The molecule has 8 heteroatoms. The molecule has 2 rings (SSSR count). The molecule has 1 heterocycles. The van der Waals surface area contributed by atoms with E-state index in [1.54, 1.807) is 0 Å². The summed E-state index contributed by atoms with van der Waals surface area (Å²) < 4.78 is 37.2. The smallest absolute Gasteiger partial charge is 0.382 e. The predicted octanol–water partition coefficient (Wildman–Crippen LogP) is 3.34. The molecule has 1 aromatic carbocycles. The average molecular weight is 303 g/mol. The molecule has 0 aliphatic heterocycles. The maximum atomic E-state index is 12.4. The number of hydrogen-bond donors (Lipinski definition) is 2. The normalized spacial score (nSPS) is 11.4. The number of nitrogen functional groups attached to an aromatic ring is 1. The van der Waals surface area contributed by atoms with Gasteiger partial charge in [-0.1, -0.05) is 23.7 Å². The number of nitrogens with two attached hydrogens (primary N) is 1. The highest BCUT2D eigenvalue weighted by atomic mass is 35.5. The maximum Gasteiger partial charge on any atom is 0.416 e. The summed E-state index contributed by atoms with van der Waals surface area (Å²) in [6.45, 7) is 0.272. The van der Waals surface area contributed by atoms with Crippen LogP contribution in [-0.4, -0.2) is 9.97 Å². The van der Waals surface area contributed by atoms with E-state index in [1.165, 1.54) is 18.5 Å². The second-order valence-corrected chi connectivity index (χ2v) is 4.35. The van der Waals surface area contributed by atoms with Crippen molar-refractivity contribution in [2.45, 2.75) is 12.7 Å². The van der Waals surface area contributed by atoms with E-state index in [1.807, 2.05) is 0 Å². The quantitative estimate of drug-likeness (QED) is 0.912. The van der Waals surface area contributed by atoms with Crippen LogP contribution in [0.5, 0.6) is 0 Å². The Bertz CT molecular complexity index is 599. The number of halogens is 4. The molecule has 0 saturated heterocycles. The van der Waals surface area contributed by atoms with Crippen molar-refractivity contribution >= 4 is 23.2 Å². The molecule has 20 heavy (non-hydrogen) atoms. The second kappa shape index (κ2) is 5.54. The Morgan fingerprint density at radius 3 is 2.40 bits per heavy atom. The van der Waals surface area contributed by atoms with Gasteiger partial charge in [-0.05, 0) is 17.7 Å². The highest BCUT2D eigenvalue weighted by Gasteiger charge is 2.29. The van der Waals surface area contributed by atoms with Crippen molar-refractivity contribution in [3.63, 3.8) is 0 Å². The van der Waals surface area contributed by atoms with E-state index in [-0.39, 0.29) is 17.4 Å². The van der Waals surface area contributed by atoms with Gasteiger partial charge < -0.3 is 11.1 Å². The number of nitrogens with zero attached hydrogens (tertiary/aromatic N) is 2. The third-order valence-electron chi connectivity index (χ3n) is 2.56. The molecule has 106 valence electrons. The van der Waals surface area contributed by atoms with Crippen molar-refractivity contribution in [2.24, 2.45) is 0 Å². The minimum atomic E-state index is -4.34. The average Bonchev–Trinajstić information content (AvgIpc) is 2.40. The molecule has 0 unspecified atom stereocenters. The summed E-state index contributed by atoms with van der Waals surface area (Å²) in [7, 11) is 0. The fourth-order valence-electron chi connectivity index (χ4n) is 1.50. The molecular formula is C12H10ClF3N4. The van der Waals surface area contributed by atoms with Crippen LogP contribution in [-0.2, 0) is 12.7 Å². The van der Waals surface area contributed by atoms with Crippen LogP contribution in [0.1, 0.15) is 11.1 Å². The summed E-state index contributed by atoms with van der Waals surface area (Å²) >= 11 is 5.88. The summed E-state index contributed by atoms with van der Waals surface area (Å²) in [6, 6.07) is 4.81. The van der Waals surface area contributed by atoms with Crippen molar-refractivity contribution < 1.29 is 13.2 Å². The lowest BCUT2D eigenvalue weighted by molar-refractivity contribution is -0.137. The van der Waals surface area contributed by atoms with Gasteiger partial charge in [-0.15, -0.1) is 0 Å². The van der Waals surface area contributed by atoms with Gasteiger partial charge in [0.25, 0.3) is 0 Å². The minimum Gasteiger partial charge on any atom is -0.382 e. The predicted molar refractivity (Wildman–Crippen MR) is 70.2 cm³/mol. The fourth-order valence-corrected chi connectivity index (χ4v) is 1.67. The Kier molecular flexibility index (Phi) is 3.99. The molecule has 3 N–H and O–H groups in total. The van der Waals surface area contributed by atoms with E-state index in [0.717, 1.165) is 12.1 Å². The van der Waals surface area contributed by atoms with Gasteiger partial charge in [0.05, 0.1) is 5.56 Å². The molecular weight excluding hydrogens is 293 g/mol. The zero-order valence-electron chi connectivity index (χ0n) is 10.1. The molecule has 1 aromatic heterocycles. The highest BCUT2D eigenvalue weighted by molar-refractivity contribution is 6.35. The van der Waals surface area contributed by atoms with Gasteiger partial charge >= 0.3 is 6.18 Å². The molecule has 2 aromatic rings. The van der Waals surface area contributed by atoms with Crippen molar-refractivity contribution in [1.29, 1.82) is 0 Å². The van der Waals surface area contributed by atoms with E-state index >= 15 is 0 Å². The summed E-state index contributed by atoms with van der Waals surface area (Å²) in [5.41, 5.74) is 5.48. The number of anilines is 2. The largest absolute Gasteiger partial charge is 0.416 e. The van der Waals surface area contributed by atoms with Gasteiger partial charge in [0.1, 0.15) is 17.2 Å². The van der Waals surface area contributed by atoms with Crippen LogP contribution in [0.3, 0.4) is 0 Å². The lowest BCUT2D eigenvalue weighted by Gasteiger charge is -2.10. The number of hydrogen-bond acceptors (Lipinski definition) is 4. The van der Waals surface area contributed by atoms with Crippen molar-refractivity contribution in [3.05, 3.63) is 46.7 Å². The Morgan fingerprint density at radius 2 is 1.80 bits per heavy atom. The molecule has 0 aliphatic carbocycles. The molecule has 0 atom stereocenters. The maximum absolute atomic E-state index is 12.4. The molecule has 0 amide bonds. The molecule has 0 spiro atoms. The van der Waals surface area contributed by atoms with Crippen molar-refractivity contribution in [2.75, 3.05) is 11.1 Å². The number of alkyl halides is 3. The lowest BCUT2D eigenvalue weighted by Crippen LogP contribution is -2.07. The third kappa shape index (κ3) is 3.30. The highest BCUT2D eigenvalue weighted by Crippen LogP contribution is 2.29. The Morgan fingerprint density at radius 1 is 1.15 bits per heavy atom. The third-order valence-corrected chi connectivity index (χ3v) is 2.93. The van der Waals surface area contributed by atoms with Crippen LogP contribution in [0.2, 0.25) is 5.02 Å². The summed E-state index contributed by atoms with van der Waals surface area (Å²) in [5, 5.41) is 3.06. The second-order valence-electron chi connectivity index (χ2n) is 3.97. The van der Waals surface area contributed by atoms with Crippen LogP contribution in [0.4, 0.5) is 24.8 Å². The minimum absolute atomic E-state index is 0.136. The first kappa shape index (κ1) is 14.4. The lowest BCUT2D eigenvalue weighted by atomic mass is 10.1. The number of nitrogens with one attached hydrogen (secondary N) is 1. The van der Waals surface area contributed by atoms with Crippen LogP contribution in [0.25, 0.3) is 0 Å². The molecule has 0 saturated carbocycles. The van der Waals surface area contributed by atoms with Gasteiger partial charge in [-0.3, -0.25) is 0 Å². The zero-order chi connectivity index (χ0) is 14.8. The van der Waals surface area contributed by atoms with E-state index in [9.17, 15) is 13.2 Å². The summed E-state index contributed by atoms with van der Waals surface area (Å²) in [4.78, 5) is 7.60. The van der Waals surface area contributed by atoms with Crippen LogP contribution >= 0.6 is 11.6 Å². The van der Waals surface area contributed by atoms with Crippen molar-refractivity contribution in [3.8, 4) is 0 Å². The van der Waals surface area contributed by atoms with E-state index in [4.69, 9.17) is 17.3 Å². The SMILES string of the molecule is Nc1ncnc(NCc2ccc(C(F)(F)F)cc2)c1Cl. The Balaban J connectivity index is 2.06. The number of benzene rings is 1. The fraction of sp³-hybridized carbons (Fsp3) is 0.167. The zero-order valence-corrected chi connectivity index (χ0v) is 10.8. The van der Waals surface area contributed by atoms with Crippen LogP contribution in [0.15, 0.2) is 30.6 Å². The van der Waals surface area contributed by atoms with Gasteiger partial charge in [-0.25, -0.2) is 9.97 Å². The van der Waals surface area contributed by atoms with Gasteiger partial charge in [0.15, 0.2) is 5.82 Å². The summed E-state index contributed by atoms with van der Waals surface area (Å²) in [6.07, 6.45) is -3.09. The first-order chi connectivity index (χ1) is 9.38. The van der Waals surface area contributed by atoms with Crippen molar-refractivity contribution in [1.82, 2.24) is 9.97 Å². The monoisotopic (exact) mass is 302 g/mol. The Hall–Kier alpha value is -2.02. The van der Waals surface area contributed by atoms with Gasteiger partial charge in [0.2, 0.25) is 0 Å². The van der Waals surface area contributed by atoms with Crippen LogP contribution < -0.4 is 11.1 Å². The molecule has 0 aliphatic rings. The van der Waals surface area contributed by atoms with Gasteiger partial charge in [0, 0.05) is 6.54 Å². The van der Waals surface area contributed by atoms with Crippen LogP contribution in [0, 0.1) is 0 Å². The standard InChI is InChI=1S/C12H10ClF3N4/c13-9-10(17)19-6-20-11(9)18-5-7-1-3-8(4-2-7)12(14,15)16/h1-4,6H,5H2,(H3,17,18,19,20). The first-order valence-corrected chi connectivity index (χ1v) is 5.91. The van der Waals surface area contributed by atoms with E-state index in [2.05, 4.69) is 15.3 Å². The number of rotatable bonds is 3. The molecule has 0 fully saturated rings. The molecule has 0 radical (unpaired) electrons. The molecule has 4 nitrogen and oxygen atoms in total. The summed E-state index contributed by atoms with van der Waals surface area (Å²) in [5.74, 6) is 0.468. The first-order valence-electron chi connectivity index (χ1n) is 5.54. The molecule has 0 bridgehead atoms. The number of aromatic nitrogens is 2. The Labute approximate surface area is 117 Å². The van der Waals surface area contributed by atoms with Gasteiger partial charge in [-0.2, -0.15) is 13.2 Å². The van der Waals surface area contributed by atoms with E-state index in [0.29, 0.717) is 11.4 Å².